The Morgan fingerprint density at radius 2 is 2.21 bits per heavy atom. The molecule has 0 unspecified atom stereocenters. The molecule has 128 valence electrons. The maximum Gasteiger partial charge on any atom is 0.233 e. The molecule has 1 aromatic carbocycles. The molecule has 0 saturated carbocycles. The van der Waals surface area contributed by atoms with Crippen LogP contribution in [0.15, 0.2) is 29.7 Å². The summed E-state index contributed by atoms with van der Waals surface area (Å²) < 4.78 is 1.97. The lowest BCUT2D eigenvalue weighted by atomic mass is 10.0. The highest BCUT2D eigenvalue weighted by molar-refractivity contribution is 7.99. The van der Waals surface area contributed by atoms with Crippen LogP contribution in [0, 0.1) is 19.8 Å². The van der Waals surface area contributed by atoms with Gasteiger partial charge in [0.15, 0.2) is 5.16 Å². The van der Waals surface area contributed by atoms with Crippen molar-refractivity contribution in [2.45, 2.75) is 38.8 Å². The van der Waals surface area contributed by atoms with E-state index in [9.17, 15) is 4.79 Å². The van der Waals surface area contributed by atoms with E-state index in [4.69, 9.17) is 0 Å². The fraction of sp³-hybridized carbons (Fsp3) is 0.500. The number of carbonyl (C=O) groups is 1. The summed E-state index contributed by atoms with van der Waals surface area (Å²) in [7, 11) is 0. The molecule has 3 rings (SSSR count). The zero-order valence-corrected chi connectivity index (χ0v) is 15.3. The van der Waals surface area contributed by atoms with Crippen molar-refractivity contribution in [3.63, 3.8) is 0 Å². The topological polar surface area (TPSA) is 51.0 Å². The molecule has 0 bridgehead atoms. The molecule has 2 aromatic rings. The fourth-order valence-corrected chi connectivity index (χ4v) is 3.93. The van der Waals surface area contributed by atoms with Gasteiger partial charge in [0.05, 0.1) is 11.4 Å². The maximum atomic E-state index is 12.5. The quantitative estimate of drug-likeness (QED) is 0.799. The smallest absolute Gasteiger partial charge is 0.233 e. The molecule has 1 saturated heterocycles. The summed E-state index contributed by atoms with van der Waals surface area (Å²) in [5.74, 6) is 1.21. The van der Waals surface area contributed by atoms with E-state index in [1.807, 2.05) is 9.47 Å². The average molecular weight is 344 g/mol. The van der Waals surface area contributed by atoms with Gasteiger partial charge in [-0.15, -0.1) is 10.2 Å². The molecule has 5 nitrogen and oxygen atoms in total. The van der Waals surface area contributed by atoms with Gasteiger partial charge in [0.1, 0.15) is 6.33 Å². The lowest BCUT2D eigenvalue weighted by Gasteiger charge is -2.30. The van der Waals surface area contributed by atoms with Gasteiger partial charge < -0.3 is 4.90 Å². The monoisotopic (exact) mass is 344 g/mol. The summed E-state index contributed by atoms with van der Waals surface area (Å²) in [6, 6.07) is 6.31. The van der Waals surface area contributed by atoms with Crippen LogP contribution in [0.25, 0.3) is 5.69 Å². The molecular weight excluding hydrogens is 320 g/mol. The number of hydrogen-bond donors (Lipinski definition) is 0. The molecule has 0 aliphatic carbocycles. The van der Waals surface area contributed by atoms with Crippen molar-refractivity contribution < 1.29 is 4.79 Å². The van der Waals surface area contributed by atoms with Gasteiger partial charge in [-0.3, -0.25) is 9.36 Å². The summed E-state index contributed by atoms with van der Waals surface area (Å²) in [6.45, 7) is 8.12. The standard InChI is InChI=1S/C18H24N4OS/c1-13-6-7-15(3)16(9-13)22-12-19-20-18(22)24-11-17(23)21-8-4-5-14(2)10-21/h6-7,9,12,14H,4-5,8,10-11H2,1-3H3/t14-/m0/s1. The number of hydrogen-bond acceptors (Lipinski definition) is 4. The third kappa shape index (κ3) is 3.80. The molecule has 1 fully saturated rings. The second kappa shape index (κ2) is 7.38. The van der Waals surface area contributed by atoms with E-state index in [1.165, 1.54) is 29.3 Å². The van der Waals surface area contributed by atoms with Crippen LogP contribution in [-0.4, -0.2) is 44.4 Å². The summed E-state index contributed by atoms with van der Waals surface area (Å²) in [5, 5.41) is 9.01. The van der Waals surface area contributed by atoms with Crippen LogP contribution < -0.4 is 0 Å². The molecule has 0 N–H and O–H groups in total. The van der Waals surface area contributed by atoms with Gasteiger partial charge in [0.25, 0.3) is 0 Å². The van der Waals surface area contributed by atoms with Crippen molar-refractivity contribution in [3.05, 3.63) is 35.7 Å². The summed E-state index contributed by atoms with van der Waals surface area (Å²) in [6.07, 6.45) is 4.05. The number of aryl methyl sites for hydroxylation is 2. The van der Waals surface area contributed by atoms with Gasteiger partial charge in [0, 0.05) is 13.1 Å². The van der Waals surface area contributed by atoms with Crippen LogP contribution in [-0.2, 0) is 4.79 Å². The number of carbonyl (C=O) groups excluding carboxylic acids is 1. The zero-order valence-electron chi connectivity index (χ0n) is 14.5. The molecule has 2 heterocycles. The number of likely N-dealkylation sites (tertiary alicyclic amines) is 1. The summed E-state index contributed by atoms with van der Waals surface area (Å²) >= 11 is 1.46. The van der Waals surface area contributed by atoms with Crippen molar-refractivity contribution >= 4 is 17.7 Å². The zero-order chi connectivity index (χ0) is 17.1. The van der Waals surface area contributed by atoms with E-state index in [0.717, 1.165) is 30.4 Å². The maximum absolute atomic E-state index is 12.5. The minimum absolute atomic E-state index is 0.196. The number of piperidine rings is 1. The van der Waals surface area contributed by atoms with Crippen LogP contribution in [0.3, 0.4) is 0 Å². The Bertz CT molecular complexity index is 728. The third-order valence-corrected chi connectivity index (χ3v) is 5.40. The number of benzene rings is 1. The number of nitrogens with zero attached hydrogens (tertiary/aromatic N) is 4. The Morgan fingerprint density at radius 3 is 3.00 bits per heavy atom. The number of aromatic nitrogens is 3. The van der Waals surface area contributed by atoms with Crippen molar-refractivity contribution in [2.24, 2.45) is 5.92 Å². The highest BCUT2D eigenvalue weighted by Crippen LogP contribution is 2.24. The molecule has 1 aromatic heterocycles. The van der Waals surface area contributed by atoms with Gasteiger partial charge in [-0.1, -0.05) is 30.8 Å². The third-order valence-electron chi connectivity index (χ3n) is 4.48. The first-order chi connectivity index (χ1) is 11.5. The lowest BCUT2D eigenvalue weighted by Crippen LogP contribution is -2.40. The van der Waals surface area contributed by atoms with Crippen molar-refractivity contribution in [1.29, 1.82) is 0 Å². The molecule has 24 heavy (non-hydrogen) atoms. The van der Waals surface area contributed by atoms with Crippen molar-refractivity contribution in [1.82, 2.24) is 19.7 Å². The van der Waals surface area contributed by atoms with Crippen molar-refractivity contribution in [2.75, 3.05) is 18.8 Å². The van der Waals surface area contributed by atoms with Gasteiger partial charge in [-0.25, -0.2) is 0 Å². The summed E-state index contributed by atoms with van der Waals surface area (Å²) in [4.78, 5) is 14.4. The van der Waals surface area contributed by atoms with E-state index < -0.39 is 0 Å². The normalized spacial score (nSPS) is 18.0. The second-order valence-electron chi connectivity index (χ2n) is 6.65. The number of rotatable bonds is 4. The second-order valence-corrected chi connectivity index (χ2v) is 7.59. The molecular formula is C18H24N4OS. The molecule has 1 aliphatic rings. The average Bonchev–Trinajstić information content (AvgIpc) is 3.03. The predicted molar refractivity (Wildman–Crippen MR) is 96.5 cm³/mol. The van der Waals surface area contributed by atoms with E-state index in [1.54, 1.807) is 6.33 Å². The van der Waals surface area contributed by atoms with Crippen LogP contribution in [0.1, 0.15) is 30.9 Å². The lowest BCUT2D eigenvalue weighted by molar-refractivity contribution is -0.130. The Balaban J connectivity index is 1.70. The minimum atomic E-state index is 0.196. The summed E-state index contributed by atoms with van der Waals surface area (Å²) in [5.41, 5.74) is 3.43. The first kappa shape index (κ1) is 17.0. The minimum Gasteiger partial charge on any atom is -0.342 e. The highest BCUT2D eigenvalue weighted by Gasteiger charge is 2.21. The molecule has 0 spiro atoms. The van der Waals surface area contributed by atoms with Gasteiger partial charge in [-0.05, 0) is 49.8 Å². The largest absolute Gasteiger partial charge is 0.342 e. The van der Waals surface area contributed by atoms with E-state index in [2.05, 4.69) is 49.2 Å². The number of amides is 1. The van der Waals surface area contributed by atoms with Gasteiger partial charge in [-0.2, -0.15) is 0 Å². The number of thioether (sulfide) groups is 1. The SMILES string of the molecule is Cc1ccc(C)c(-n2cnnc2SCC(=O)N2CCC[C@H](C)C2)c1. The van der Waals surface area contributed by atoms with Gasteiger partial charge >= 0.3 is 0 Å². The molecule has 1 amide bonds. The van der Waals surface area contributed by atoms with Crippen LogP contribution in [0.5, 0.6) is 0 Å². The fourth-order valence-electron chi connectivity index (χ4n) is 3.10. The van der Waals surface area contributed by atoms with Crippen LogP contribution >= 0.6 is 11.8 Å². The highest BCUT2D eigenvalue weighted by atomic mass is 32.2. The Morgan fingerprint density at radius 1 is 1.38 bits per heavy atom. The Hall–Kier alpha value is -1.82. The van der Waals surface area contributed by atoms with Gasteiger partial charge in [0.2, 0.25) is 5.91 Å². The van der Waals surface area contributed by atoms with Crippen LogP contribution in [0.4, 0.5) is 0 Å². The Kier molecular flexibility index (Phi) is 5.23. The first-order valence-electron chi connectivity index (χ1n) is 8.43. The molecule has 1 atom stereocenters. The van der Waals surface area contributed by atoms with Crippen LogP contribution in [0.2, 0.25) is 0 Å². The van der Waals surface area contributed by atoms with E-state index in [-0.39, 0.29) is 5.91 Å². The Labute approximate surface area is 147 Å². The predicted octanol–water partition coefficient (Wildman–Crippen LogP) is 3.23. The molecule has 0 radical (unpaired) electrons. The first-order valence-corrected chi connectivity index (χ1v) is 9.41. The molecule has 6 heteroatoms. The molecule has 1 aliphatic heterocycles. The van der Waals surface area contributed by atoms with Crippen molar-refractivity contribution in [3.8, 4) is 5.69 Å². The van der Waals surface area contributed by atoms with E-state index in [0.29, 0.717) is 11.7 Å². The van der Waals surface area contributed by atoms with E-state index >= 15 is 0 Å².